The lowest BCUT2D eigenvalue weighted by Gasteiger charge is -2.14. The first-order chi connectivity index (χ1) is 11.0. The van der Waals surface area contributed by atoms with Crippen LogP contribution in [-0.2, 0) is 11.2 Å². The molecule has 0 aliphatic carbocycles. The maximum Gasteiger partial charge on any atom is 0.223 e. The Hall–Kier alpha value is -1.66. The van der Waals surface area contributed by atoms with Crippen molar-refractivity contribution in [3.8, 4) is 11.3 Å². The van der Waals surface area contributed by atoms with Gasteiger partial charge >= 0.3 is 0 Å². The molecule has 0 spiro atoms. The summed E-state index contributed by atoms with van der Waals surface area (Å²) in [5.41, 5.74) is 7.67. The van der Waals surface area contributed by atoms with Crippen LogP contribution in [0.15, 0.2) is 33.2 Å². The highest BCUT2D eigenvalue weighted by atomic mass is 79.9. The maximum atomic E-state index is 12.2. The average Bonchev–Trinajstić information content (AvgIpc) is 3.12. The van der Waals surface area contributed by atoms with Crippen molar-refractivity contribution >= 4 is 21.8 Å². The molecule has 1 saturated heterocycles. The average molecular weight is 378 g/mol. The number of aryl methyl sites for hydroxylation is 2. The molecule has 2 N–H and O–H groups in total. The first-order valence-electron chi connectivity index (χ1n) is 7.78. The van der Waals surface area contributed by atoms with E-state index < -0.39 is 0 Å². The van der Waals surface area contributed by atoms with Crippen LogP contribution in [0.3, 0.4) is 0 Å². The van der Waals surface area contributed by atoms with E-state index in [1.54, 1.807) is 0 Å². The fourth-order valence-electron chi connectivity index (χ4n) is 2.81. The summed E-state index contributed by atoms with van der Waals surface area (Å²) in [6.07, 6.45) is 1.81. The molecule has 2 heterocycles. The highest BCUT2D eigenvalue weighted by Gasteiger charge is 2.23. The Morgan fingerprint density at radius 1 is 1.43 bits per heavy atom. The smallest absolute Gasteiger partial charge is 0.223 e. The van der Waals surface area contributed by atoms with Crippen molar-refractivity contribution in [2.24, 2.45) is 5.73 Å². The van der Waals surface area contributed by atoms with Gasteiger partial charge < -0.3 is 15.1 Å². The fraction of sp³-hybridized carbons (Fsp3) is 0.412. The number of likely N-dealkylation sites (tertiary alicyclic amines) is 1. The normalized spacial score (nSPS) is 17.7. The second-order valence-corrected chi connectivity index (χ2v) is 6.83. The van der Waals surface area contributed by atoms with Crippen molar-refractivity contribution < 1.29 is 9.21 Å². The summed E-state index contributed by atoms with van der Waals surface area (Å²) >= 11 is 3.42. The van der Waals surface area contributed by atoms with Gasteiger partial charge in [-0.05, 0) is 25.5 Å². The summed E-state index contributed by atoms with van der Waals surface area (Å²) in [5, 5.41) is 0. The molecule has 1 aliphatic heterocycles. The molecule has 6 heteroatoms. The predicted octanol–water partition coefficient (Wildman–Crippen LogP) is 2.90. The molecule has 0 unspecified atom stereocenters. The zero-order valence-corrected chi connectivity index (χ0v) is 14.7. The molecule has 1 aromatic heterocycles. The molecule has 1 aromatic carbocycles. The highest BCUT2D eigenvalue weighted by molar-refractivity contribution is 9.10. The van der Waals surface area contributed by atoms with E-state index in [9.17, 15) is 4.79 Å². The minimum atomic E-state index is 0.118. The molecule has 0 radical (unpaired) electrons. The molecule has 122 valence electrons. The molecule has 23 heavy (non-hydrogen) atoms. The van der Waals surface area contributed by atoms with E-state index in [0.29, 0.717) is 25.3 Å². The first-order valence-corrected chi connectivity index (χ1v) is 8.58. The van der Waals surface area contributed by atoms with E-state index in [-0.39, 0.29) is 11.9 Å². The van der Waals surface area contributed by atoms with Crippen LogP contribution in [0.25, 0.3) is 11.3 Å². The zero-order chi connectivity index (χ0) is 16.4. The van der Waals surface area contributed by atoms with Gasteiger partial charge in [0.25, 0.3) is 0 Å². The Bertz CT molecular complexity index is 696. The van der Waals surface area contributed by atoms with E-state index in [4.69, 9.17) is 10.2 Å². The number of benzene rings is 1. The lowest BCUT2D eigenvalue weighted by molar-refractivity contribution is -0.130. The predicted molar refractivity (Wildman–Crippen MR) is 91.9 cm³/mol. The molecule has 0 saturated carbocycles. The molecular weight excluding hydrogens is 358 g/mol. The van der Waals surface area contributed by atoms with Gasteiger partial charge in [0, 0.05) is 42.0 Å². The zero-order valence-electron chi connectivity index (χ0n) is 13.1. The van der Waals surface area contributed by atoms with Crippen LogP contribution in [0.1, 0.15) is 24.4 Å². The monoisotopic (exact) mass is 377 g/mol. The summed E-state index contributed by atoms with van der Waals surface area (Å²) in [7, 11) is 0. The van der Waals surface area contributed by atoms with Crippen LogP contribution in [0.4, 0.5) is 0 Å². The van der Waals surface area contributed by atoms with Gasteiger partial charge in [-0.1, -0.05) is 28.1 Å². The van der Waals surface area contributed by atoms with Crippen LogP contribution >= 0.6 is 15.9 Å². The number of nitrogens with two attached hydrogens (primary N) is 1. The number of carbonyl (C=O) groups is 1. The number of oxazole rings is 1. The van der Waals surface area contributed by atoms with E-state index in [1.807, 2.05) is 36.1 Å². The van der Waals surface area contributed by atoms with Gasteiger partial charge in [0.15, 0.2) is 11.7 Å². The molecule has 1 amide bonds. The molecule has 5 nitrogen and oxygen atoms in total. The molecular formula is C17H20BrN3O2. The van der Waals surface area contributed by atoms with Gasteiger partial charge in [-0.2, -0.15) is 0 Å². The van der Waals surface area contributed by atoms with Crippen molar-refractivity contribution in [3.05, 3.63) is 40.3 Å². The van der Waals surface area contributed by atoms with Crippen LogP contribution in [0.2, 0.25) is 0 Å². The Kier molecular flexibility index (Phi) is 4.82. The van der Waals surface area contributed by atoms with Crippen LogP contribution in [-0.4, -0.2) is 34.9 Å². The third-order valence-corrected chi connectivity index (χ3v) is 4.61. The molecule has 1 fully saturated rings. The first kappa shape index (κ1) is 16.2. The van der Waals surface area contributed by atoms with Gasteiger partial charge in [0.05, 0.1) is 5.69 Å². The van der Waals surface area contributed by atoms with Crippen LogP contribution in [0, 0.1) is 6.92 Å². The van der Waals surface area contributed by atoms with E-state index in [0.717, 1.165) is 34.5 Å². The van der Waals surface area contributed by atoms with Gasteiger partial charge in [-0.25, -0.2) is 4.98 Å². The van der Waals surface area contributed by atoms with Gasteiger partial charge in [-0.15, -0.1) is 0 Å². The SMILES string of the molecule is Cc1nc(CCC(=O)N2CC[C@@H](N)C2)oc1-c1ccc(Br)cc1. The van der Waals surface area contributed by atoms with E-state index in [1.165, 1.54) is 0 Å². The fourth-order valence-corrected chi connectivity index (χ4v) is 3.08. The molecule has 1 aliphatic rings. The summed E-state index contributed by atoms with van der Waals surface area (Å²) < 4.78 is 6.87. The van der Waals surface area contributed by atoms with E-state index >= 15 is 0 Å². The van der Waals surface area contributed by atoms with Crippen molar-refractivity contribution in [1.29, 1.82) is 0 Å². The standard InChI is InChI=1S/C17H20BrN3O2/c1-11-17(12-2-4-13(18)5-3-12)23-15(20-11)6-7-16(22)21-9-8-14(19)10-21/h2-5,14H,6-10,19H2,1H3/t14-/m1/s1. The van der Waals surface area contributed by atoms with Gasteiger partial charge in [-0.3, -0.25) is 4.79 Å². The van der Waals surface area contributed by atoms with Crippen molar-refractivity contribution in [2.75, 3.05) is 13.1 Å². The third-order valence-electron chi connectivity index (χ3n) is 4.08. The minimum absolute atomic E-state index is 0.118. The minimum Gasteiger partial charge on any atom is -0.440 e. The quantitative estimate of drug-likeness (QED) is 0.888. The van der Waals surface area contributed by atoms with Gasteiger partial charge in [0.1, 0.15) is 0 Å². The number of hydrogen-bond acceptors (Lipinski definition) is 4. The Morgan fingerprint density at radius 2 is 2.17 bits per heavy atom. The second kappa shape index (κ2) is 6.84. The molecule has 0 bridgehead atoms. The Balaban J connectivity index is 1.64. The number of halogens is 1. The van der Waals surface area contributed by atoms with Crippen LogP contribution < -0.4 is 5.73 Å². The number of nitrogens with zero attached hydrogens (tertiary/aromatic N) is 2. The topological polar surface area (TPSA) is 72.4 Å². The molecule has 1 atom stereocenters. The maximum absolute atomic E-state index is 12.2. The number of hydrogen-bond donors (Lipinski definition) is 1. The third kappa shape index (κ3) is 3.82. The number of amides is 1. The number of aromatic nitrogens is 1. The molecule has 2 aromatic rings. The van der Waals surface area contributed by atoms with Crippen molar-refractivity contribution in [2.45, 2.75) is 32.2 Å². The largest absolute Gasteiger partial charge is 0.440 e. The number of carbonyl (C=O) groups excluding carboxylic acids is 1. The van der Waals surface area contributed by atoms with Crippen molar-refractivity contribution in [1.82, 2.24) is 9.88 Å². The summed E-state index contributed by atoms with van der Waals surface area (Å²) in [5.74, 6) is 1.50. The lowest BCUT2D eigenvalue weighted by Crippen LogP contribution is -2.31. The Labute approximate surface area is 144 Å². The van der Waals surface area contributed by atoms with E-state index in [2.05, 4.69) is 20.9 Å². The Morgan fingerprint density at radius 3 is 2.83 bits per heavy atom. The second-order valence-electron chi connectivity index (χ2n) is 5.92. The van der Waals surface area contributed by atoms with Crippen molar-refractivity contribution in [3.63, 3.8) is 0 Å². The highest BCUT2D eigenvalue weighted by Crippen LogP contribution is 2.26. The molecule has 3 rings (SSSR count). The number of rotatable bonds is 4. The summed E-state index contributed by atoms with van der Waals surface area (Å²) in [4.78, 5) is 18.4. The lowest BCUT2D eigenvalue weighted by atomic mass is 10.1. The summed E-state index contributed by atoms with van der Waals surface area (Å²) in [6, 6.07) is 8.02. The van der Waals surface area contributed by atoms with Crippen LogP contribution in [0.5, 0.6) is 0 Å². The van der Waals surface area contributed by atoms with Gasteiger partial charge in [0.2, 0.25) is 5.91 Å². The summed E-state index contributed by atoms with van der Waals surface area (Å²) in [6.45, 7) is 3.34.